The van der Waals surface area contributed by atoms with Crippen LogP contribution >= 0.6 is 11.3 Å². The zero-order chi connectivity index (χ0) is 27.1. The van der Waals surface area contributed by atoms with Crippen LogP contribution in [0.4, 0.5) is 5.82 Å². The fourth-order valence-corrected chi connectivity index (χ4v) is 8.23. The number of aromatic nitrogens is 3. The van der Waals surface area contributed by atoms with Gasteiger partial charge in [-0.05, 0) is 55.7 Å². The second kappa shape index (κ2) is 10.5. The molecule has 4 aromatic rings. The fourth-order valence-electron chi connectivity index (χ4n) is 5.44. The first-order valence-electron chi connectivity index (χ1n) is 13.3. The summed E-state index contributed by atoms with van der Waals surface area (Å²) < 4.78 is 29.8. The Morgan fingerprint density at radius 1 is 0.974 bits per heavy atom. The molecule has 0 bridgehead atoms. The Hall–Kier alpha value is -3.12. The van der Waals surface area contributed by atoms with Crippen LogP contribution in [0.25, 0.3) is 10.2 Å². The molecule has 11 heteroatoms. The lowest BCUT2D eigenvalue weighted by Gasteiger charge is -2.35. The number of anilines is 1. The summed E-state index contributed by atoms with van der Waals surface area (Å²) in [6, 6.07) is 13.1. The number of aryl methyl sites for hydroxylation is 2. The highest BCUT2D eigenvalue weighted by molar-refractivity contribution is 7.89. The topological polar surface area (TPSA) is 91.6 Å². The summed E-state index contributed by atoms with van der Waals surface area (Å²) >= 11 is 1.43. The minimum Gasteiger partial charge on any atom is -0.354 e. The van der Waals surface area contributed by atoms with Crippen molar-refractivity contribution in [3.8, 4) is 0 Å². The largest absolute Gasteiger partial charge is 0.354 e. The fraction of sp³-hybridized carbons (Fsp3) is 0.393. The van der Waals surface area contributed by atoms with E-state index >= 15 is 0 Å². The molecule has 3 aromatic heterocycles. The van der Waals surface area contributed by atoms with Crippen molar-refractivity contribution in [2.75, 3.05) is 44.2 Å². The van der Waals surface area contributed by atoms with E-state index in [9.17, 15) is 13.2 Å². The van der Waals surface area contributed by atoms with Crippen LogP contribution in [0.1, 0.15) is 21.7 Å². The van der Waals surface area contributed by atoms with E-state index in [-0.39, 0.29) is 12.1 Å². The van der Waals surface area contributed by atoms with Gasteiger partial charge in [0.2, 0.25) is 10.0 Å². The maximum Gasteiger partial charge on any atom is 0.262 e. The number of nitrogens with zero attached hydrogens (tertiary/aromatic N) is 6. The molecule has 2 aliphatic heterocycles. The van der Waals surface area contributed by atoms with Crippen molar-refractivity contribution in [2.45, 2.75) is 38.3 Å². The summed E-state index contributed by atoms with van der Waals surface area (Å²) in [4.78, 5) is 29.3. The number of thiophene rings is 1. The molecule has 5 heterocycles. The normalized spacial score (nSPS) is 17.0. The summed E-state index contributed by atoms with van der Waals surface area (Å²) in [5.41, 5.74) is 2.85. The van der Waals surface area contributed by atoms with E-state index in [4.69, 9.17) is 0 Å². The zero-order valence-corrected chi connectivity index (χ0v) is 23.8. The van der Waals surface area contributed by atoms with E-state index < -0.39 is 10.0 Å². The van der Waals surface area contributed by atoms with Crippen LogP contribution in [0.5, 0.6) is 0 Å². The maximum atomic E-state index is 13.5. The van der Waals surface area contributed by atoms with Gasteiger partial charge in [0.05, 0.1) is 16.6 Å². The number of hydrogen-bond acceptors (Lipinski definition) is 8. The molecule has 0 unspecified atom stereocenters. The standard InChI is InChI=1S/C28H32N6O3S2/c1-20-5-3-7-22(17-20)39(36,37)34-10-9-23-24(18-34)38-27-26(23)28(35)33(19-29-27)16-13-31-11-14-32(15-12-31)25-8-4-6-21(2)30-25/h3-8,17,19H,9-16,18H2,1-2H3. The third-order valence-corrected chi connectivity index (χ3v) is 10.6. The number of sulfonamides is 1. The molecule has 0 N–H and O–H groups in total. The van der Waals surface area contributed by atoms with Crippen LogP contribution in [0.15, 0.2) is 58.5 Å². The second-order valence-electron chi connectivity index (χ2n) is 10.3. The smallest absolute Gasteiger partial charge is 0.262 e. The molecule has 0 aliphatic carbocycles. The van der Waals surface area contributed by atoms with Gasteiger partial charge >= 0.3 is 0 Å². The molecule has 1 saturated heterocycles. The van der Waals surface area contributed by atoms with Gasteiger partial charge in [0.15, 0.2) is 0 Å². The lowest BCUT2D eigenvalue weighted by molar-refractivity contribution is 0.246. The van der Waals surface area contributed by atoms with Crippen LogP contribution < -0.4 is 10.5 Å². The highest BCUT2D eigenvalue weighted by Gasteiger charge is 2.31. The van der Waals surface area contributed by atoms with Gasteiger partial charge in [-0.1, -0.05) is 18.2 Å². The molecule has 1 fully saturated rings. The van der Waals surface area contributed by atoms with Crippen molar-refractivity contribution in [3.05, 3.63) is 80.8 Å². The van der Waals surface area contributed by atoms with E-state index in [1.54, 1.807) is 29.1 Å². The highest BCUT2D eigenvalue weighted by atomic mass is 32.2. The first-order valence-corrected chi connectivity index (χ1v) is 15.5. The van der Waals surface area contributed by atoms with Crippen molar-refractivity contribution >= 4 is 37.4 Å². The van der Waals surface area contributed by atoms with E-state index in [0.717, 1.165) is 60.2 Å². The minimum atomic E-state index is -3.60. The first-order chi connectivity index (χ1) is 18.8. The van der Waals surface area contributed by atoms with Crippen molar-refractivity contribution < 1.29 is 8.42 Å². The molecule has 39 heavy (non-hydrogen) atoms. The third-order valence-electron chi connectivity index (χ3n) is 7.65. The van der Waals surface area contributed by atoms with Gasteiger partial charge in [-0.3, -0.25) is 14.3 Å². The van der Waals surface area contributed by atoms with Crippen molar-refractivity contribution in [1.82, 2.24) is 23.7 Å². The predicted molar refractivity (Wildman–Crippen MR) is 154 cm³/mol. The van der Waals surface area contributed by atoms with Crippen LogP contribution in [0.3, 0.4) is 0 Å². The Labute approximate surface area is 232 Å². The average molecular weight is 565 g/mol. The van der Waals surface area contributed by atoms with Crippen molar-refractivity contribution in [1.29, 1.82) is 0 Å². The average Bonchev–Trinajstić information content (AvgIpc) is 3.32. The second-order valence-corrected chi connectivity index (χ2v) is 13.3. The van der Waals surface area contributed by atoms with E-state index in [0.29, 0.717) is 34.6 Å². The number of piperazine rings is 1. The Balaban J connectivity index is 1.14. The van der Waals surface area contributed by atoms with Crippen LogP contribution in [0.2, 0.25) is 0 Å². The first kappa shape index (κ1) is 26.1. The summed E-state index contributed by atoms with van der Waals surface area (Å²) in [7, 11) is -3.60. The molecule has 9 nitrogen and oxygen atoms in total. The number of benzene rings is 1. The number of hydrogen-bond donors (Lipinski definition) is 0. The summed E-state index contributed by atoms with van der Waals surface area (Å²) in [5, 5.41) is 0.653. The summed E-state index contributed by atoms with van der Waals surface area (Å²) in [6.07, 6.45) is 2.15. The van der Waals surface area contributed by atoms with Crippen LogP contribution in [0, 0.1) is 13.8 Å². The van der Waals surface area contributed by atoms with Gasteiger partial charge in [-0.25, -0.2) is 18.4 Å². The predicted octanol–water partition coefficient (Wildman–Crippen LogP) is 3.04. The highest BCUT2D eigenvalue weighted by Crippen LogP contribution is 2.34. The molecule has 0 radical (unpaired) electrons. The van der Waals surface area contributed by atoms with Crippen LogP contribution in [-0.2, 0) is 29.5 Å². The molecule has 6 rings (SSSR count). The van der Waals surface area contributed by atoms with E-state index in [1.807, 2.05) is 32.0 Å². The molecule has 0 atom stereocenters. The molecule has 0 amide bonds. The molecule has 0 saturated carbocycles. The minimum absolute atomic E-state index is 0.0323. The SMILES string of the molecule is Cc1cccc(S(=O)(=O)N2CCc3c(sc4ncn(CCN5CCN(c6cccc(C)n6)CC5)c(=O)c34)C2)c1. The number of rotatable bonds is 6. The van der Waals surface area contributed by atoms with E-state index in [1.165, 1.54) is 15.6 Å². The summed E-state index contributed by atoms with van der Waals surface area (Å²) in [6.45, 7) is 9.51. The van der Waals surface area contributed by atoms with Gasteiger partial charge in [0.25, 0.3) is 5.56 Å². The maximum absolute atomic E-state index is 13.5. The van der Waals surface area contributed by atoms with Gasteiger partial charge in [-0.2, -0.15) is 4.31 Å². The van der Waals surface area contributed by atoms with Gasteiger partial charge < -0.3 is 4.90 Å². The molecular weight excluding hydrogens is 532 g/mol. The third kappa shape index (κ3) is 5.11. The lowest BCUT2D eigenvalue weighted by atomic mass is 10.1. The lowest BCUT2D eigenvalue weighted by Crippen LogP contribution is -2.47. The monoisotopic (exact) mass is 564 g/mol. The quantitative estimate of drug-likeness (QED) is 0.356. The molecular formula is C28H32N6O3S2. The zero-order valence-electron chi connectivity index (χ0n) is 22.2. The van der Waals surface area contributed by atoms with Gasteiger partial charge in [-0.15, -0.1) is 11.3 Å². The summed E-state index contributed by atoms with van der Waals surface area (Å²) in [5.74, 6) is 1.02. The van der Waals surface area contributed by atoms with E-state index in [2.05, 4.69) is 25.8 Å². The molecule has 204 valence electrons. The Morgan fingerprint density at radius 2 is 1.77 bits per heavy atom. The van der Waals surface area contributed by atoms with Crippen LogP contribution in [-0.4, -0.2) is 71.4 Å². The number of fused-ring (bicyclic) bond motifs is 3. The van der Waals surface area contributed by atoms with Gasteiger partial charge in [0.1, 0.15) is 10.6 Å². The van der Waals surface area contributed by atoms with Crippen molar-refractivity contribution in [3.63, 3.8) is 0 Å². The molecule has 1 aromatic carbocycles. The molecule has 0 spiro atoms. The molecule has 2 aliphatic rings. The number of pyridine rings is 1. The van der Waals surface area contributed by atoms with Gasteiger partial charge in [0, 0.05) is 62.9 Å². The van der Waals surface area contributed by atoms with Crippen molar-refractivity contribution in [2.24, 2.45) is 0 Å². The Morgan fingerprint density at radius 3 is 2.54 bits per heavy atom. The Kier molecular flexibility index (Phi) is 7.00. The Bertz CT molecular complexity index is 1690.